The van der Waals surface area contributed by atoms with Gasteiger partial charge in [-0.2, -0.15) is 0 Å². The fraction of sp³-hybridized carbons (Fsp3) is 0.143. The van der Waals surface area contributed by atoms with Crippen molar-refractivity contribution in [3.63, 3.8) is 0 Å². The third-order valence-electron chi connectivity index (χ3n) is 2.85. The van der Waals surface area contributed by atoms with Gasteiger partial charge in [0, 0.05) is 36.5 Å². The number of ketones is 1. The first kappa shape index (κ1) is 12.9. The number of hydrogen-bond donors (Lipinski definition) is 0. The van der Waals surface area contributed by atoms with E-state index in [4.69, 9.17) is 0 Å². The van der Waals surface area contributed by atoms with Crippen LogP contribution in [0.15, 0.2) is 42.7 Å². The number of benzene rings is 1. The first-order valence-corrected chi connectivity index (χ1v) is 5.75. The fourth-order valence-corrected chi connectivity index (χ4v) is 1.81. The summed E-state index contributed by atoms with van der Waals surface area (Å²) in [5.74, 6) is -0.132. The average molecular weight is 256 g/mol. The van der Waals surface area contributed by atoms with Crippen LogP contribution in [0.2, 0.25) is 0 Å². The van der Waals surface area contributed by atoms with Crippen LogP contribution in [0.1, 0.15) is 21.5 Å². The van der Waals surface area contributed by atoms with Crippen LogP contribution in [0.25, 0.3) is 0 Å². The second-order valence-corrected chi connectivity index (χ2v) is 4.21. The molecule has 0 saturated carbocycles. The van der Waals surface area contributed by atoms with Crippen LogP contribution in [0.5, 0.6) is 0 Å². The molecule has 0 aliphatic heterocycles. The van der Waals surface area contributed by atoms with Crippen molar-refractivity contribution < 1.29 is 9.72 Å². The predicted molar refractivity (Wildman–Crippen MR) is 70.1 cm³/mol. The standard InChI is InChI=1S/C14H12N2O3/c1-10-2-3-12(16(18)19)9-13(10)14(17)8-11-4-6-15-7-5-11/h2-7,9H,8H2,1H3. The monoisotopic (exact) mass is 256 g/mol. The molecule has 5 heteroatoms. The van der Waals surface area contributed by atoms with E-state index in [-0.39, 0.29) is 17.9 Å². The van der Waals surface area contributed by atoms with Crippen molar-refractivity contribution >= 4 is 11.5 Å². The Morgan fingerprint density at radius 3 is 2.58 bits per heavy atom. The molecule has 0 spiro atoms. The molecule has 0 N–H and O–H groups in total. The Bertz CT molecular complexity index is 624. The minimum absolute atomic E-state index is 0.0660. The molecule has 2 rings (SSSR count). The highest BCUT2D eigenvalue weighted by molar-refractivity contribution is 5.99. The van der Waals surface area contributed by atoms with E-state index in [9.17, 15) is 14.9 Å². The minimum atomic E-state index is -0.497. The maximum absolute atomic E-state index is 12.2. The number of nitro benzene ring substituents is 1. The van der Waals surface area contributed by atoms with Crippen molar-refractivity contribution in [2.75, 3.05) is 0 Å². The van der Waals surface area contributed by atoms with E-state index < -0.39 is 4.92 Å². The maximum atomic E-state index is 12.2. The fourth-order valence-electron chi connectivity index (χ4n) is 1.81. The van der Waals surface area contributed by atoms with E-state index >= 15 is 0 Å². The highest BCUT2D eigenvalue weighted by atomic mass is 16.6. The van der Waals surface area contributed by atoms with Gasteiger partial charge in [0.05, 0.1) is 4.92 Å². The van der Waals surface area contributed by atoms with Gasteiger partial charge in [-0.1, -0.05) is 6.07 Å². The lowest BCUT2D eigenvalue weighted by molar-refractivity contribution is -0.384. The van der Waals surface area contributed by atoms with Crippen LogP contribution in [-0.2, 0) is 6.42 Å². The Hall–Kier alpha value is -2.56. The number of Topliss-reactive ketones (excluding diaryl/α,β-unsaturated/α-hetero) is 1. The molecule has 0 aliphatic carbocycles. The molecule has 5 nitrogen and oxygen atoms in total. The summed E-state index contributed by atoms with van der Waals surface area (Å²) in [4.78, 5) is 26.3. The zero-order valence-electron chi connectivity index (χ0n) is 10.4. The lowest BCUT2D eigenvalue weighted by atomic mass is 9.99. The lowest BCUT2D eigenvalue weighted by Gasteiger charge is -2.05. The highest BCUT2D eigenvalue weighted by Crippen LogP contribution is 2.19. The van der Waals surface area contributed by atoms with Crippen LogP contribution >= 0.6 is 0 Å². The molecular formula is C14H12N2O3. The van der Waals surface area contributed by atoms with E-state index in [1.165, 1.54) is 12.1 Å². The first-order chi connectivity index (χ1) is 9.08. The number of carbonyl (C=O) groups excluding carboxylic acids is 1. The Kier molecular flexibility index (Phi) is 3.66. The predicted octanol–water partition coefficient (Wildman–Crippen LogP) is 2.72. The third-order valence-corrected chi connectivity index (χ3v) is 2.85. The Balaban J connectivity index is 2.28. The van der Waals surface area contributed by atoms with Crippen molar-refractivity contribution in [1.29, 1.82) is 0 Å². The second-order valence-electron chi connectivity index (χ2n) is 4.21. The summed E-state index contributed by atoms with van der Waals surface area (Å²) in [6, 6.07) is 7.84. The van der Waals surface area contributed by atoms with Gasteiger partial charge in [-0.05, 0) is 30.2 Å². The number of non-ortho nitro benzene ring substituents is 1. The number of aromatic nitrogens is 1. The number of nitro groups is 1. The van der Waals surface area contributed by atoms with E-state index in [0.717, 1.165) is 11.1 Å². The summed E-state index contributed by atoms with van der Waals surface area (Å²) in [7, 11) is 0. The van der Waals surface area contributed by atoms with Gasteiger partial charge in [0.2, 0.25) is 0 Å². The zero-order valence-corrected chi connectivity index (χ0v) is 10.4. The SMILES string of the molecule is Cc1ccc([N+](=O)[O-])cc1C(=O)Cc1ccncc1. The molecule has 0 fully saturated rings. The van der Waals surface area contributed by atoms with Crippen molar-refractivity contribution in [2.45, 2.75) is 13.3 Å². The van der Waals surface area contributed by atoms with Gasteiger partial charge in [0.1, 0.15) is 0 Å². The molecule has 1 aromatic heterocycles. The quantitative estimate of drug-likeness (QED) is 0.479. The van der Waals surface area contributed by atoms with Crippen LogP contribution < -0.4 is 0 Å². The number of hydrogen-bond acceptors (Lipinski definition) is 4. The van der Waals surface area contributed by atoms with Crippen LogP contribution in [0.3, 0.4) is 0 Å². The van der Waals surface area contributed by atoms with Crippen molar-refractivity contribution in [3.05, 3.63) is 69.5 Å². The summed E-state index contributed by atoms with van der Waals surface area (Å²) in [5, 5.41) is 10.7. The molecular weight excluding hydrogens is 244 g/mol. The van der Waals surface area contributed by atoms with Crippen molar-refractivity contribution in [3.8, 4) is 0 Å². The van der Waals surface area contributed by atoms with Crippen molar-refractivity contribution in [1.82, 2.24) is 4.98 Å². The lowest BCUT2D eigenvalue weighted by Crippen LogP contribution is -2.06. The Labute approximate surface area is 110 Å². The molecule has 0 aliphatic rings. The number of pyridine rings is 1. The normalized spacial score (nSPS) is 10.2. The van der Waals surface area contributed by atoms with Gasteiger partial charge in [0.25, 0.3) is 5.69 Å². The topological polar surface area (TPSA) is 73.1 Å². The number of aryl methyl sites for hydroxylation is 1. The van der Waals surface area contributed by atoms with E-state index in [1.54, 1.807) is 37.5 Å². The molecule has 19 heavy (non-hydrogen) atoms. The van der Waals surface area contributed by atoms with Crippen LogP contribution in [0, 0.1) is 17.0 Å². The molecule has 96 valence electrons. The summed E-state index contributed by atoms with van der Waals surface area (Å²) in [5.41, 5.74) is 1.91. The number of carbonyl (C=O) groups is 1. The molecule has 0 amide bonds. The highest BCUT2D eigenvalue weighted by Gasteiger charge is 2.14. The number of rotatable bonds is 4. The zero-order chi connectivity index (χ0) is 13.8. The summed E-state index contributed by atoms with van der Waals surface area (Å²) in [6.07, 6.45) is 3.44. The van der Waals surface area contributed by atoms with Crippen molar-refractivity contribution in [2.24, 2.45) is 0 Å². The summed E-state index contributed by atoms with van der Waals surface area (Å²) in [6.45, 7) is 1.77. The molecule has 0 unspecified atom stereocenters. The molecule has 1 heterocycles. The molecule has 0 radical (unpaired) electrons. The van der Waals surface area contributed by atoms with Gasteiger partial charge in [0.15, 0.2) is 5.78 Å². The summed E-state index contributed by atoms with van der Waals surface area (Å²) >= 11 is 0. The van der Waals surface area contributed by atoms with E-state index in [1.807, 2.05) is 0 Å². The van der Waals surface area contributed by atoms with Crippen LogP contribution in [0.4, 0.5) is 5.69 Å². The van der Waals surface area contributed by atoms with Gasteiger partial charge in [-0.3, -0.25) is 19.9 Å². The van der Waals surface area contributed by atoms with E-state index in [0.29, 0.717) is 5.56 Å². The molecule has 0 bridgehead atoms. The second kappa shape index (κ2) is 5.39. The van der Waals surface area contributed by atoms with Gasteiger partial charge in [-0.25, -0.2) is 0 Å². The number of nitrogens with zero attached hydrogens (tertiary/aromatic N) is 2. The Morgan fingerprint density at radius 2 is 1.95 bits per heavy atom. The summed E-state index contributed by atoms with van der Waals surface area (Å²) < 4.78 is 0. The van der Waals surface area contributed by atoms with Crippen LogP contribution in [-0.4, -0.2) is 15.7 Å². The van der Waals surface area contributed by atoms with Gasteiger partial charge >= 0.3 is 0 Å². The van der Waals surface area contributed by atoms with Gasteiger partial charge in [-0.15, -0.1) is 0 Å². The minimum Gasteiger partial charge on any atom is -0.294 e. The average Bonchev–Trinajstić information content (AvgIpc) is 2.40. The molecule has 2 aromatic rings. The Morgan fingerprint density at radius 1 is 1.26 bits per heavy atom. The molecule has 0 saturated heterocycles. The van der Waals surface area contributed by atoms with E-state index in [2.05, 4.69) is 4.98 Å². The third kappa shape index (κ3) is 3.01. The molecule has 0 atom stereocenters. The smallest absolute Gasteiger partial charge is 0.270 e. The largest absolute Gasteiger partial charge is 0.294 e. The van der Waals surface area contributed by atoms with Gasteiger partial charge < -0.3 is 0 Å². The first-order valence-electron chi connectivity index (χ1n) is 5.75. The maximum Gasteiger partial charge on any atom is 0.270 e. The molecule has 1 aromatic carbocycles.